The minimum atomic E-state index is 0.277. The van der Waals surface area contributed by atoms with Gasteiger partial charge in [0, 0.05) is 6.61 Å². The van der Waals surface area contributed by atoms with Gasteiger partial charge in [0.05, 0.1) is 0 Å². The summed E-state index contributed by atoms with van der Waals surface area (Å²) < 4.78 is 0. The zero-order valence-corrected chi connectivity index (χ0v) is 12.2. The minimum absolute atomic E-state index is 0.277. The predicted molar refractivity (Wildman–Crippen MR) is 84.1 cm³/mol. The highest BCUT2D eigenvalue weighted by Crippen LogP contribution is 2.24. The molecule has 0 spiro atoms. The molecule has 1 nitrogen and oxygen atoms in total. The minimum Gasteiger partial charge on any atom is -0.396 e. The molecule has 0 radical (unpaired) electrons. The molecule has 1 rings (SSSR count). The van der Waals surface area contributed by atoms with Crippen LogP contribution in [0.1, 0.15) is 51.9 Å². The second-order valence-corrected chi connectivity index (χ2v) is 5.35. The first kappa shape index (κ1) is 16.0. The molecule has 19 heavy (non-hydrogen) atoms. The van der Waals surface area contributed by atoms with Crippen LogP contribution in [-0.4, -0.2) is 11.7 Å². The van der Waals surface area contributed by atoms with Crippen molar-refractivity contribution in [3.05, 3.63) is 48.1 Å². The molecule has 1 saturated carbocycles. The third kappa shape index (κ3) is 8.61. The van der Waals surface area contributed by atoms with E-state index in [-0.39, 0.29) is 6.61 Å². The summed E-state index contributed by atoms with van der Waals surface area (Å²) >= 11 is 0. The molecule has 0 saturated heterocycles. The van der Waals surface area contributed by atoms with Crippen molar-refractivity contribution < 1.29 is 5.11 Å². The molecular formula is C18H28O. The van der Waals surface area contributed by atoms with Gasteiger partial charge in [0.25, 0.3) is 0 Å². The van der Waals surface area contributed by atoms with Crippen LogP contribution in [0.3, 0.4) is 0 Å². The van der Waals surface area contributed by atoms with Gasteiger partial charge in [0.2, 0.25) is 0 Å². The fourth-order valence-electron chi connectivity index (χ4n) is 2.33. The first-order chi connectivity index (χ1) is 9.33. The van der Waals surface area contributed by atoms with Gasteiger partial charge in [-0.05, 0) is 38.5 Å². The summed E-state index contributed by atoms with van der Waals surface area (Å²) in [4.78, 5) is 0. The fourth-order valence-corrected chi connectivity index (χ4v) is 2.33. The first-order valence-electron chi connectivity index (χ1n) is 7.62. The molecule has 1 aliphatic rings. The maximum absolute atomic E-state index is 8.64. The van der Waals surface area contributed by atoms with Crippen LogP contribution in [0.2, 0.25) is 0 Å². The highest BCUT2D eigenvalue weighted by molar-refractivity contribution is 5.23. The van der Waals surface area contributed by atoms with Gasteiger partial charge >= 0.3 is 0 Å². The Labute approximate surface area is 118 Å². The zero-order valence-electron chi connectivity index (χ0n) is 12.2. The van der Waals surface area contributed by atoms with Gasteiger partial charge in [-0.25, -0.2) is 0 Å². The van der Waals surface area contributed by atoms with Gasteiger partial charge in [-0.2, -0.15) is 0 Å². The van der Waals surface area contributed by atoms with Crippen LogP contribution < -0.4 is 0 Å². The average molecular weight is 260 g/mol. The Morgan fingerprint density at radius 3 is 2.63 bits per heavy atom. The number of unbranched alkanes of at least 4 members (excludes halogenated alkanes) is 1. The Balaban J connectivity index is 2.25. The van der Waals surface area contributed by atoms with Gasteiger partial charge < -0.3 is 5.11 Å². The van der Waals surface area contributed by atoms with E-state index in [1.54, 1.807) is 0 Å². The van der Waals surface area contributed by atoms with E-state index in [1.165, 1.54) is 37.7 Å². The van der Waals surface area contributed by atoms with Crippen molar-refractivity contribution in [2.75, 3.05) is 6.61 Å². The van der Waals surface area contributed by atoms with Crippen molar-refractivity contribution in [3.8, 4) is 0 Å². The molecule has 1 fully saturated rings. The van der Waals surface area contributed by atoms with E-state index in [0.29, 0.717) is 0 Å². The molecule has 1 heteroatoms. The number of aliphatic hydroxyl groups is 1. The fraction of sp³-hybridized carbons (Fsp3) is 0.556. The molecule has 0 aromatic carbocycles. The number of rotatable bonds is 7. The van der Waals surface area contributed by atoms with Crippen LogP contribution in [0.15, 0.2) is 48.1 Å². The Morgan fingerprint density at radius 1 is 1.11 bits per heavy atom. The zero-order chi connectivity index (χ0) is 13.8. The van der Waals surface area contributed by atoms with Crippen molar-refractivity contribution in [1.82, 2.24) is 0 Å². The normalized spacial score (nSPS) is 19.2. The van der Waals surface area contributed by atoms with Crippen molar-refractivity contribution >= 4 is 0 Å². The quantitative estimate of drug-likeness (QED) is 0.507. The van der Waals surface area contributed by atoms with Gasteiger partial charge in [-0.15, -0.1) is 0 Å². The van der Waals surface area contributed by atoms with Crippen molar-refractivity contribution in [1.29, 1.82) is 0 Å². The smallest absolute Gasteiger partial charge is 0.0433 e. The van der Waals surface area contributed by atoms with E-state index in [2.05, 4.69) is 43.4 Å². The van der Waals surface area contributed by atoms with Crippen LogP contribution >= 0.6 is 0 Å². The molecular weight excluding hydrogens is 232 g/mol. The summed E-state index contributed by atoms with van der Waals surface area (Å²) in [6, 6.07) is 0. The summed E-state index contributed by atoms with van der Waals surface area (Å²) in [5.74, 6) is 0.805. The van der Waals surface area contributed by atoms with E-state index in [0.717, 1.165) is 18.8 Å². The summed E-state index contributed by atoms with van der Waals surface area (Å²) in [7, 11) is 0. The van der Waals surface area contributed by atoms with Gasteiger partial charge in [0.15, 0.2) is 0 Å². The second kappa shape index (κ2) is 10.8. The highest BCUT2D eigenvalue weighted by atomic mass is 16.2. The third-order valence-corrected chi connectivity index (χ3v) is 3.53. The average Bonchev–Trinajstić information content (AvgIpc) is 2.45. The van der Waals surface area contributed by atoms with E-state index >= 15 is 0 Å². The molecule has 0 unspecified atom stereocenters. The lowest BCUT2D eigenvalue weighted by Crippen LogP contribution is -2.02. The van der Waals surface area contributed by atoms with Crippen LogP contribution in [0.4, 0.5) is 0 Å². The number of aliphatic hydroxyl groups excluding tert-OH is 1. The van der Waals surface area contributed by atoms with Crippen molar-refractivity contribution in [2.24, 2.45) is 5.92 Å². The molecule has 1 N–H and O–H groups in total. The molecule has 0 aromatic rings. The van der Waals surface area contributed by atoms with E-state index in [1.807, 2.05) is 6.08 Å². The SMILES string of the molecule is CC(/C=C/C1CCCCC1)=C\C=C\C=C\CCCO. The molecule has 0 bridgehead atoms. The monoisotopic (exact) mass is 260 g/mol. The van der Waals surface area contributed by atoms with Crippen LogP contribution in [-0.2, 0) is 0 Å². The first-order valence-corrected chi connectivity index (χ1v) is 7.62. The van der Waals surface area contributed by atoms with Crippen molar-refractivity contribution in [2.45, 2.75) is 51.9 Å². The summed E-state index contributed by atoms with van der Waals surface area (Å²) in [5.41, 5.74) is 1.31. The maximum atomic E-state index is 8.64. The van der Waals surface area contributed by atoms with E-state index in [9.17, 15) is 0 Å². The summed E-state index contributed by atoms with van der Waals surface area (Å²) in [6.45, 7) is 2.43. The molecule has 0 heterocycles. The molecule has 0 aliphatic heterocycles. The van der Waals surface area contributed by atoms with Gasteiger partial charge in [-0.3, -0.25) is 0 Å². The van der Waals surface area contributed by atoms with E-state index < -0.39 is 0 Å². The maximum Gasteiger partial charge on any atom is 0.0433 e. The Bertz CT molecular complexity index is 328. The van der Waals surface area contributed by atoms with Crippen molar-refractivity contribution in [3.63, 3.8) is 0 Å². The number of allylic oxidation sites excluding steroid dienone is 8. The van der Waals surface area contributed by atoms with E-state index in [4.69, 9.17) is 5.11 Å². The van der Waals surface area contributed by atoms with Crippen LogP contribution in [0.25, 0.3) is 0 Å². The van der Waals surface area contributed by atoms with Gasteiger partial charge in [0.1, 0.15) is 0 Å². The Morgan fingerprint density at radius 2 is 1.89 bits per heavy atom. The van der Waals surface area contributed by atoms with Gasteiger partial charge in [-0.1, -0.05) is 67.4 Å². The third-order valence-electron chi connectivity index (χ3n) is 3.53. The summed E-state index contributed by atoms with van der Waals surface area (Å²) in [6.07, 6.45) is 23.8. The molecule has 1 aliphatic carbocycles. The molecule has 0 amide bonds. The highest BCUT2D eigenvalue weighted by Gasteiger charge is 2.09. The second-order valence-electron chi connectivity index (χ2n) is 5.35. The Hall–Kier alpha value is -1.08. The molecule has 0 aromatic heterocycles. The lowest BCUT2D eigenvalue weighted by Gasteiger charge is -2.17. The predicted octanol–water partition coefficient (Wildman–Crippen LogP) is 4.95. The molecule has 106 valence electrons. The van der Waals surface area contributed by atoms with Crippen LogP contribution in [0, 0.1) is 5.92 Å². The molecule has 0 atom stereocenters. The number of hydrogen-bond acceptors (Lipinski definition) is 1. The Kier molecular flexibility index (Phi) is 9.09. The largest absolute Gasteiger partial charge is 0.396 e. The topological polar surface area (TPSA) is 20.2 Å². The lowest BCUT2D eigenvalue weighted by molar-refractivity contribution is 0.289. The number of hydrogen-bond donors (Lipinski definition) is 1. The standard InChI is InChI=1S/C18H28O/c1-17(11-7-4-2-3-5-10-16-19)14-15-18-12-8-6-9-13-18/h2-4,7,11,14-15,18-19H,5-6,8-10,12-13,16H2,1H3/b3-2+,7-4+,15-14+,17-11+. The lowest BCUT2D eigenvalue weighted by atomic mass is 9.89. The summed E-state index contributed by atoms with van der Waals surface area (Å²) in [5, 5.41) is 8.64. The van der Waals surface area contributed by atoms with Crippen LogP contribution in [0.5, 0.6) is 0 Å².